The third-order valence-corrected chi connectivity index (χ3v) is 5.79. The summed E-state index contributed by atoms with van der Waals surface area (Å²) in [7, 11) is -2.18. The number of nitrogens with one attached hydrogen (secondary N) is 2. The van der Waals surface area contributed by atoms with Gasteiger partial charge in [-0.1, -0.05) is 24.3 Å². The van der Waals surface area contributed by atoms with E-state index in [4.69, 9.17) is 4.74 Å². The van der Waals surface area contributed by atoms with Gasteiger partial charge in [0, 0.05) is 12.0 Å². The summed E-state index contributed by atoms with van der Waals surface area (Å²) in [6.45, 7) is 2.84. The molecule has 2 N–H and O–H groups in total. The number of ketones is 1. The molecule has 2 aromatic carbocycles. The summed E-state index contributed by atoms with van der Waals surface area (Å²) in [6, 6.07) is 12.7. The predicted octanol–water partition coefficient (Wildman–Crippen LogP) is 2.30. The lowest BCUT2D eigenvalue weighted by Crippen LogP contribution is -2.30. The molecule has 9 heteroatoms. The normalized spacial score (nSPS) is 12.1. The minimum atomic E-state index is -3.51. The monoisotopic (exact) mass is 432 g/mol. The molecule has 0 aliphatic carbocycles. The van der Waals surface area contributed by atoms with Crippen LogP contribution in [-0.2, 0) is 30.8 Å². The highest BCUT2D eigenvalue weighted by Gasteiger charge is 2.19. The highest BCUT2D eigenvalue weighted by Crippen LogP contribution is 2.16. The predicted molar refractivity (Wildman–Crippen MR) is 112 cm³/mol. The molecule has 8 nitrogen and oxygen atoms in total. The van der Waals surface area contributed by atoms with Crippen molar-refractivity contribution in [1.29, 1.82) is 0 Å². The molecule has 0 saturated heterocycles. The van der Waals surface area contributed by atoms with Gasteiger partial charge in [-0.05, 0) is 57.1 Å². The van der Waals surface area contributed by atoms with E-state index in [1.54, 1.807) is 36.4 Å². The molecule has 0 spiro atoms. The van der Waals surface area contributed by atoms with Gasteiger partial charge in [0.1, 0.15) is 0 Å². The fraction of sp³-hybridized carbons (Fsp3) is 0.286. The first-order valence-electron chi connectivity index (χ1n) is 9.27. The first-order valence-corrected chi connectivity index (χ1v) is 10.7. The summed E-state index contributed by atoms with van der Waals surface area (Å²) in [5, 5.41) is 2.60. The number of anilines is 1. The van der Waals surface area contributed by atoms with Gasteiger partial charge in [-0.2, -0.15) is 0 Å². The highest BCUT2D eigenvalue weighted by atomic mass is 32.2. The number of rotatable bonds is 9. The van der Waals surface area contributed by atoms with Crippen molar-refractivity contribution in [1.82, 2.24) is 4.72 Å². The molecule has 0 radical (unpaired) electrons. The van der Waals surface area contributed by atoms with Gasteiger partial charge in [-0.25, -0.2) is 13.1 Å². The lowest BCUT2D eigenvalue weighted by Gasteiger charge is -2.15. The third kappa shape index (κ3) is 6.23. The molecule has 0 aromatic heterocycles. The Morgan fingerprint density at radius 2 is 1.67 bits per heavy atom. The van der Waals surface area contributed by atoms with Crippen LogP contribution in [0.3, 0.4) is 0 Å². The quantitative estimate of drug-likeness (QED) is 0.464. The molecule has 2 rings (SSSR count). The van der Waals surface area contributed by atoms with Crippen LogP contribution in [0.2, 0.25) is 0 Å². The third-order valence-electron chi connectivity index (χ3n) is 4.36. The van der Waals surface area contributed by atoms with Crippen LogP contribution in [0.1, 0.15) is 36.2 Å². The average Bonchev–Trinajstić information content (AvgIpc) is 2.72. The molecule has 0 aliphatic rings. The molecule has 160 valence electrons. The Bertz CT molecular complexity index is 1030. The van der Waals surface area contributed by atoms with E-state index in [-0.39, 0.29) is 17.1 Å². The summed E-state index contributed by atoms with van der Waals surface area (Å²) in [5.41, 5.74) is 1.48. The number of hydrogen-bond acceptors (Lipinski definition) is 6. The second-order valence-corrected chi connectivity index (χ2v) is 8.46. The van der Waals surface area contributed by atoms with E-state index in [1.165, 1.54) is 33.0 Å². The Balaban J connectivity index is 1.89. The van der Waals surface area contributed by atoms with E-state index >= 15 is 0 Å². The molecule has 0 saturated carbocycles. The van der Waals surface area contributed by atoms with E-state index in [0.29, 0.717) is 17.7 Å². The Morgan fingerprint density at radius 3 is 2.27 bits per heavy atom. The van der Waals surface area contributed by atoms with Crippen molar-refractivity contribution >= 4 is 33.4 Å². The van der Waals surface area contributed by atoms with E-state index in [2.05, 4.69) is 10.0 Å². The minimum Gasteiger partial charge on any atom is -0.453 e. The van der Waals surface area contributed by atoms with Gasteiger partial charge in [0.15, 0.2) is 11.9 Å². The fourth-order valence-corrected chi connectivity index (χ4v) is 3.37. The summed E-state index contributed by atoms with van der Waals surface area (Å²) in [4.78, 5) is 36.1. The number of hydrogen-bond donors (Lipinski definition) is 2. The number of para-hydroxylation sites is 1. The van der Waals surface area contributed by atoms with Gasteiger partial charge in [-0.3, -0.25) is 14.4 Å². The number of ether oxygens (including phenoxy) is 1. The van der Waals surface area contributed by atoms with Gasteiger partial charge in [-0.15, -0.1) is 0 Å². The lowest BCUT2D eigenvalue weighted by molar-refractivity contribution is -0.153. The van der Waals surface area contributed by atoms with Crippen molar-refractivity contribution in [3.8, 4) is 0 Å². The van der Waals surface area contributed by atoms with Gasteiger partial charge < -0.3 is 10.1 Å². The smallest absolute Gasteiger partial charge is 0.306 e. The van der Waals surface area contributed by atoms with Crippen LogP contribution < -0.4 is 10.0 Å². The van der Waals surface area contributed by atoms with Crippen molar-refractivity contribution in [2.45, 2.75) is 37.7 Å². The maximum atomic E-state index is 12.3. The van der Waals surface area contributed by atoms with E-state index in [0.717, 1.165) is 5.56 Å². The molecule has 1 unspecified atom stereocenters. The van der Waals surface area contributed by atoms with Crippen LogP contribution in [0.4, 0.5) is 5.69 Å². The second-order valence-electron chi connectivity index (χ2n) is 6.57. The number of esters is 1. The molecule has 0 heterocycles. The standard InChI is InChI=1S/C21H24N2O6S/c1-14(24)18-6-4-5-7-19(18)23-21(26)15(2)29-20(25)13-10-16-8-11-17(12-9-16)30(27,28)22-3/h4-9,11-12,15,22H,10,13H2,1-3H3,(H,23,26). The molecular formula is C21H24N2O6S. The van der Waals surface area contributed by atoms with Crippen LogP contribution in [0.5, 0.6) is 0 Å². The molecule has 1 amide bonds. The number of sulfonamides is 1. The summed E-state index contributed by atoms with van der Waals surface area (Å²) < 4.78 is 30.8. The molecule has 0 aliphatic heterocycles. The molecular weight excluding hydrogens is 408 g/mol. The molecule has 0 bridgehead atoms. The van der Waals surface area contributed by atoms with Crippen LogP contribution in [-0.4, -0.2) is 39.2 Å². The van der Waals surface area contributed by atoms with Crippen molar-refractivity contribution in [2.75, 3.05) is 12.4 Å². The van der Waals surface area contributed by atoms with Crippen LogP contribution in [0, 0.1) is 0 Å². The highest BCUT2D eigenvalue weighted by molar-refractivity contribution is 7.89. The molecule has 0 fully saturated rings. The first kappa shape index (κ1) is 23.2. The Labute approximate surface area is 175 Å². The van der Waals surface area contributed by atoms with E-state index in [1.807, 2.05) is 0 Å². The van der Waals surface area contributed by atoms with Crippen molar-refractivity contribution < 1.29 is 27.5 Å². The SMILES string of the molecule is CNS(=O)(=O)c1ccc(CCC(=O)OC(C)C(=O)Nc2ccccc2C(C)=O)cc1. The van der Waals surface area contributed by atoms with Crippen molar-refractivity contribution in [3.05, 3.63) is 59.7 Å². The van der Waals surface area contributed by atoms with E-state index < -0.39 is 28.0 Å². The van der Waals surface area contributed by atoms with Crippen LogP contribution in [0.25, 0.3) is 0 Å². The topological polar surface area (TPSA) is 119 Å². The summed E-state index contributed by atoms with van der Waals surface area (Å²) in [6.07, 6.45) is -0.680. The molecule has 30 heavy (non-hydrogen) atoms. The fourth-order valence-electron chi connectivity index (χ4n) is 2.64. The maximum Gasteiger partial charge on any atom is 0.306 e. The number of aryl methyl sites for hydroxylation is 1. The number of carbonyl (C=O) groups is 3. The van der Waals surface area contributed by atoms with Gasteiger partial charge in [0.05, 0.1) is 10.6 Å². The minimum absolute atomic E-state index is 0.0276. The second kappa shape index (κ2) is 10.1. The number of amides is 1. The van der Waals surface area contributed by atoms with Gasteiger partial charge in [0.2, 0.25) is 10.0 Å². The Hall–Kier alpha value is -3.04. The molecule has 1 atom stereocenters. The zero-order chi connectivity index (χ0) is 22.3. The lowest BCUT2D eigenvalue weighted by atomic mass is 10.1. The number of benzene rings is 2. The average molecular weight is 432 g/mol. The molecule has 2 aromatic rings. The number of Topliss-reactive ketones (excluding diaryl/α,β-unsaturated/α-hetero) is 1. The summed E-state index contributed by atoms with van der Waals surface area (Å²) in [5.74, 6) is -1.30. The Kier molecular flexibility index (Phi) is 7.85. The van der Waals surface area contributed by atoms with Crippen molar-refractivity contribution in [3.63, 3.8) is 0 Å². The van der Waals surface area contributed by atoms with Crippen LogP contribution in [0.15, 0.2) is 53.4 Å². The first-order chi connectivity index (χ1) is 14.1. The van der Waals surface area contributed by atoms with Gasteiger partial charge >= 0.3 is 5.97 Å². The largest absolute Gasteiger partial charge is 0.453 e. The van der Waals surface area contributed by atoms with E-state index in [9.17, 15) is 22.8 Å². The maximum absolute atomic E-state index is 12.3. The van der Waals surface area contributed by atoms with Gasteiger partial charge in [0.25, 0.3) is 5.91 Å². The number of carbonyl (C=O) groups excluding carboxylic acids is 3. The van der Waals surface area contributed by atoms with Crippen LogP contribution >= 0.6 is 0 Å². The summed E-state index contributed by atoms with van der Waals surface area (Å²) >= 11 is 0. The zero-order valence-corrected chi connectivity index (χ0v) is 17.8. The Morgan fingerprint density at radius 1 is 1.03 bits per heavy atom. The van der Waals surface area contributed by atoms with Crippen molar-refractivity contribution in [2.24, 2.45) is 0 Å². The zero-order valence-electron chi connectivity index (χ0n) is 17.0.